The number of esters is 2. The van der Waals surface area contributed by atoms with Gasteiger partial charge in [-0.3, -0.25) is 14.1 Å². The van der Waals surface area contributed by atoms with Crippen molar-refractivity contribution in [1.82, 2.24) is 0 Å². The van der Waals surface area contributed by atoms with E-state index >= 15 is 0 Å². The third kappa shape index (κ3) is 33.0. The summed E-state index contributed by atoms with van der Waals surface area (Å²) in [6.45, 7) is 3.58. The lowest BCUT2D eigenvalue weighted by Gasteiger charge is -2.18. The minimum atomic E-state index is -4.75. The molecule has 0 radical (unpaired) electrons. The van der Waals surface area contributed by atoms with Crippen molar-refractivity contribution in [1.29, 1.82) is 0 Å². The fourth-order valence-electron chi connectivity index (χ4n) is 4.38. The lowest BCUT2D eigenvalue weighted by atomic mass is 10.1. The molecule has 0 saturated carbocycles. The number of ether oxygens (including phenoxy) is 2. The Labute approximate surface area is 262 Å². The summed E-state index contributed by atoms with van der Waals surface area (Å²) in [4.78, 5) is 42.4. The lowest BCUT2D eigenvalue weighted by Crippen LogP contribution is -2.29. The molecule has 0 amide bonds. The van der Waals surface area contributed by atoms with E-state index in [0.29, 0.717) is 6.42 Å². The van der Waals surface area contributed by atoms with E-state index in [1.54, 1.807) is 0 Å². The molecular formula is C34H61O8P. The zero-order valence-corrected chi connectivity index (χ0v) is 28.0. The van der Waals surface area contributed by atoms with Crippen LogP contribution in [0.2, 0.25) is 0 Å². The summed E-state index contributed by atoms with van der Waals surface area (Å²) >= 11 is 0. The van der Waals surface area contributed by atoms with Gasteiger partial charge in [-0.25, -0.2) is 4.57 Å². The third-order valence-electron chi connectivity index (χ3n) is 6.91. The van der Waals surface area contributed by atoms with Gasteiger partial charge in [0.05, 0.1) is 6.61 Å². The molecule has 0 fully saturated rings. The lowest BCUT2D eigenvalue weighted by molar-refractivity contribution is -0.161. The predicted molar refractivity (Wildman–Crippen MR) is 175 cm³/mol. The maximum atomic E-state index is 12.3. The average Bonchev–Trinajstić information content (AvgIpc) is 2.97. The minimum absolute atomic E-state index is 0.164. The minimum Gasteiger partial charge on any atom is -0.462 e. The van der Waals surface area contributed by atoms with Gasteiger partial charge in [-0.1, -0.05) is 121 Å². The number of phosphoric acid groups is 1. The van der Waals surface area contributed by atoms with Gasteiger partial charge in [0.2, 0.25) is 0 Å². The molecule has 43 heavy (non-hydrogen) atoms. The Hall–Kier alpha value is -1.73. The van der Waals surface area contributed by atoms with Crippen LogP contribution in [0.25, 0.3) is 0 Å². The highest BCUT2D eigenvalue weighted by Crippen LogP contribution is 2.35. The van der Waals surface area contributed by atoms with E-state index in [2.05, 4.69) is 54.8 Å². The molecule has 1 atom stereocenters. The number of unbranched alkanes of at least 4 members (excludes halogenated alkanes) is 14. The molecule has 0 saturated heterocycles. The number of carbonyl (C=O) groups is 2. The van der Waals surface area contributed by atoms with Crippen LogP contribution in [0.5, 0.6) is 0 Å². The second kappa shape index (κ2) is 30.3. The highest BCUT2D eigenvalue weighted by molar-refractivity contribution is 7.46. The van der Waals surface area contributed by atoms with Crippen LogP contribution >= 0.6 is 7.82 Å². The molecule has 0 rings (SSSR count). The van der Waals surface area contributed by atoms with Gasteiger partial charge in [-0.05, 0) is 51.4 Å². The van der Waals surface area contributed by atoms with Crippen LogP contribution in [0.4, 0.5) is 0 Å². The third-order valence-corrected chi connectivity index (χ3v) is 7.40. The Kier molecular flexibility index (Phi) is 29.1. The van der Waals surface area contributed by atoms with E-state index in [4.69, 9.17) is 19.3 Å². The van der Waals surface area contributed by atoms with Gasteiger partial charge in [0, 0.05) is 12.8 Å². The second-order valence-electron chi connectivity index (χ2n) is 11.1. The molecule has 0 spiro atoms. The largest absolute Gasteiger partial charge is 0.469 e. The zero-order valence-electron chi connectivity index (χ0n) is 27.1. The Morgan fingerprint density at radius 2 is 1.05 bits per heavy atom. The summed E-state index contributed by atoms with van der Waals surface area (Å²) in [6.07, 6.45) is 33.0. The van der Waals surface area contributed by atoms with E-state index in [1.807, 2.05) is 0 Å². The first kappa shape index (κ1) is 41.3. The van der Waals surface area contributed by atoms with E-state index < -0.39 is 32.5 Å². The van der Waals surface area contributed by atoms with Crippen LogP contribution in [-0.4, -0.2) is 41.0 Å². The molecule has 0 aromatic rings. The first-order chi connectivity index (χ1) is 20.8. The van der Waals surface area contributed by atoms with E-state index in [9.17, 15) is 14.2 Å². The fourth-order valence-corrected chi connectivity index (χ4v) is 4.74. The molecule has 0 aliphatic carbocycles. The van der Waals surface area contributed by atoms with Crippen molar-refractivity contribution < 1.29 is 37.9 Å². The topological polar surface area (TPSA) is 119 Å². The van der Waals surface area contributed by atoms with Crippen molar-refractivity contribution in [3.05, 3.63) is 36.5 Å². The molecular weight excluding hydrogens is 567 g/mol. The highest BCUT2D eigenvalue weighted by atomic mass is 31.2. The second-order valence-corrected chi connectivity index (χ2v) is 12.4. The first-order valence-corrected chi connectivity index (χ1v) is 18.3. The maximum absolute atomic E-state index is 12.3. The van der Waals surface area contributed by atoms with Crippen LogP contribution in [0, 0.1) is 0 Å². The highest BCUT2D eigenvalue weighted by Gasteiger charge is 2.22. The number of hydrogen-bond acceptors (Lipinski definition) is 6. The summed E-state index contributed by atoms with van der Waals surface area (Å²) in [6, 6.07) is 0. The van der Waals surface area contributed by atoms with Crippen LogP contribution in [-0.2, 0) is 28.2 Å². The number of carbonyl (C=O) groups excluding carboxylic acids is 2. The van der Waals surface area contributed by atoms with Gasteiger partial charge in [0.1, 0.15) is 6.61 Å². The van der Waals surface area contributed by atoms with Crippen LogP contribution in [0.1, 0.15) is 149 Å². The van der Waals surface area contributed by atoms with Gasteiger partial charge in [0.15, 0.2) is 6.10 Å². The van der Waals surface area contributed by atoms with Crippen molar-refractivity contribution in [3.8, 4) is 0 Å². The quantitative estimate of drug-likeness (QED) is 0.0349. The molecule has 0 bridgehead atoms. The van der Waals surface area contributed by atoms with Crippen LogP contribution in [0.15, 0.2) is 36.5 Å². The molecule has 250 valence electrons. The van der Waals surface area contributed by atoms with E-state index in [1.165, 1.54) is 64.2 Å². The van der Waals surface area contributed by atoms with Crippen molar-refractivity contribution in [2.75, 3.05) is 13.2 Å². The van der Waals surface area contributed by atoms with Gasteiger partial charge < -0.3 is 19.3 Å². The zero-order chi connectivity index (χ0) is 31.9. The summed E-state index contributed by atoms with van der Waals surface area (Å²) in [5.41, 5.74) is 0. The molecule has 0 aromatic heterocycles. The normalized spacial score (nSPS) is 12.9. The fraction of sp³-hybridized carbons (Fsp3) is 0.765. The van der Waals surface area contributed by atoms with Crippen LogP contribution in [0.3, 0.4) is 0 Å². The summed E-state index contributed by atoms with van der Waals surface area (Å²) in [5.74, 6) is -0.933. The van der Waals surface area contributed by atoms with Crippen molar-refractivity contribution >= 4 is 19.8 Å². The summed E-state index contributed by atoms with van der Waals surface area (Å²) in [5, 5.41) is 0. The van der Waals surface area contributed by atoms with Gasteiger partial charge in [-0.15, -0.1) is 0 Å². The Morgan fingerprint density at radius 1 is 0.605 bits per heavy atom. The Balaban J connectivity index is 4.11. The van der Waals surface area contributed by atoms with Crippen molar-refractivity contribution in [2.45, 2.75) is 155 Å². The average molecular weight is 629 g/mol. The summed E-state index contributed by atoms with van der Waals surface area (Å²) < 4.78 is 26.1. The first-order valence-electron chi connectivity index (χ1n) is 16.8. The van der Waals surface area contributed by atoms with Gasteiger partial charge in [-0.2, -0.15) is 0 Å². The number of rotatable bonds is 30. The van der Waals surface area contributed by atoms with E-state index in [-0.39, 0.29) is 19.4 Å². The molecule has 0 aliphatic rings. The van der Waals surface area contributed by atoms with Crippen LogP contribution < -0.4 is 0 Å². The predicted octanol–water partition coefficient (Wildman–Crippen LogP) is 9.45. The van der Waals surface area contributed by atoms with Crippen molar-refractivity contribution in [2.24, 2.45) is 0 Å². The molecule has 0 aliphatic heterocycles. The number of phosphoric ester groups is 1. The standard InChI is InChI=1S/C34H61O8P/c1-3-5-7-9-11-13-15-16-17-18-19-21-23-25-27-29-34(36)42-32(31-41-43(37,38)39)30-40-33(35)28-26-24-22-20-14-12-10-8-6-4-2/h11,13,16-17,19,21,32H,3-10,12,14-15,18,20,22-31H2,1-2H3,(H2,37,38,39)/b13-11+,17-16+,21-19+/t32-/m1/s1. The maximum Gasteiger partial charge on any atom is 0.469 e. The van der Waals surface area contributed by atoms with E-state index in [0.717, 1.165) is 51.4 Å². The van der Waals surface area contributed by atoms with Gasteiger partial charge >= 0.3 is 19.8 Å². The Morgan fingerprint density at radius 3 is 1.60 bits per heavy atom. The molecule has 8 nitrogen and oxygen atoms in total. The SMILES string of the molecule is CCCCC/C=C/C/C=C/C/C=C/CCCCC(=O)O[C@H](COC(=O)CCCCCCCCCCCC)COP(=O)(O)O. The monoisotopic (exact) mass is 628 g/mol. The Bertz CT molecular complexity index is 802. The van der Waals surface area contributed by atoms with Crippen molar-refractivity contribution in [3.63, 3.8) is 0 Å². The molecule has 0 aromatic carbocycles. The smallest absolute Gasteiger partial charge is 0.462 e. The molecule has 0 unspecified atom stereocenters. The molecule has 2 N–H and O–H groups in total. The molecule has 9 heteroatoms. The molecule has 0 heterocycles. The summed E-state index contributed by atoms with van der Waals surface area (Å²) in [7, 11) is -4.75. The van der Waals surface area contributed by atoms with Gasteiger partial charge in [0.25, 0.3) is 0 Å². The number of hydrogen-bond donors (Lipinski definition) is 2. The number of allylic oxidation sites excluding steroid dienone is 6.